The highest BCUT2D eigenvalue weighted by Gasteiger charge is 2.03. The summed E-state index contributed by atoms with van der Waals surface area (Å²) in [6, 6.07) is 14.5. The van der Waals surface area contributed by atoms with Crippen LogP contribution in [0.4, 0.5) is 0 Å². The summed E-state index contributed by atoms with van der Waals surface area (Å²) >= 11 is 5.87. The maximum atomic E-state index is 5.86. The molecule has 0 amide bonds. The molecule has 2 aromatic carbocycles. The number of hydrogen-bond acceptors (Lipinski definition) is 2. The topological polar surface area (TPSA) is 21.3 Å². The fourth-order valence-corrected chi connectivity index (χ4v) is 2.53. The van der Waals surface area contributed by atoms with Gasteiger partial charge in [-0.2, -0.15) is 0 Å². The third kappa shape index (κ3) is 4.75. The molecule has 2 aromatic rings. The van der Waals surface area contributed by atoms with Gasteiger partial charge in [0.1, 0.15) is 12.4 Å². The first-order valence-corrected chi connectivity index (χ1v) is 8.42. The van der Waals surface area contributed by atoms with Crippen LogP contribution in [0, 0.1) is 3.57 Å². The van der Waals surface area contributed by atoms with Gasteiger partial charge >= 0.3 is 0 Å². The molecular weight excluding hydrogens is 429 g/mol. The maximum absolute atomic E-state index is 5.86. The van der Waals surface area contributed by atoms with Crippen molar-refractivity contribution in [3.05, 3.63) is 61.6 Å². The first-order valence-electron chi connectivity index (χ1n) is 6.55. The van der Waals surface area contributed by atoms with E-state index in [1.807, 2.05) is 12.1 Å². The molecule has 0 spiro atoms. The van der Waals surface area contributed by atoms with E-state index in [9.17, 15) is 0 Å². The van der Waals surface area contributed by atoms with Crippen molar-refractivity contribution in [2.75, 3.05) is 6.54 Å². The Morgan fingerprint density at radius 1 is 1.15 bits per heavy atom. The lowest BCUT2D eigenvalue weighted by Crippen LogP contribution is -2.12. The average Bonchev–Trinajstić information content (AvgIpc) is 2.46. The largest absolute Gasteiger partial charge is 0.489 e. The van der Waals surface area contributed by atoms with Crippen LogP contribution in [-0.4, -0.2) is 6.54 Å². The summed E-state index contributed by atoms with van der Waals surface area (Å²) < 4.78 is 8.21. The van der Waals surface area contributed by atoms with Crippen molar-refractivity contribution in [1.82, 2.24) is 5.32 Å². The molecule has 0 radical (unpaired) electrons. The molecule has 0 bridgehead atoms. The van der Waals surface area contributed by atoms with Gasteiger partial charge in [-0.05, 0) is 70.6 Å². The van der Waals surface area contributed by atoms with Gasteiger partial charge in [-0.15, -0.1) is 0 Å². The Kier molecular flexibility index (Phi) is 6.32. The van der Waals surface area contributed by atoms with Gasteiger partial charge in [0, 0.05) is 14.6 Å². The minimum absolute atomic E-state index is 0.596. The van der Waals surface area contributed by atoms with Crippen molar-refractivity contribution in [2.45, 2.75) is 20.1 Å². The van der Waals surface area contributed by atoms with E-state index in [-0.39, 0.29) is 0 Å². The Balaban J connectivity index is 2.00. The normalized spacial score (nSPS) is 10.6. The lowest BCUT2D eigenvalue weighted by Gasteiger charge is -2.10. The van der Waals surface area contributed by atoms with Crippen LogP contribution in [-0.2, 0) is 13.2 Å². The monoisotopic (exact) mass is 445 g/mol. The van der Waals surface area contributed by atoms with Crippen molar-refractivity contribution in [3.8, 4) is 5.75 Å². The highest BCUT2D eigenvalue weighted by Crippen LogP contribution is 2.23. The van der Waals surface area contributed by atoms with Crippen LogP contribution in [0.5, 0.6) is 5.75 Å². The summed E-state index contributed by atoms with van der Waals surface area (Å²) in [5.74, 6) is 0.902. The van der Waals surface area contributed by atoms with Crippen molar-refractivity contribution < 1.29 is 4.74 Å². The fourth-order valence-electron chi connectivity index (χ4n) is 1.78. The predicted molar refractivity (Wildman–Crippen MR) is 95.0 cm³/mol. The lowest BCUT2D eigenvalue weighted by atomic mass is 10.2. The van der Waals surface area contributed by atoms with Crippen LogP contribution >= 0.6 is 38.5 Å². The van der Waals surface area contributed by atoms with E-state index in [1.165, 1.54) is 14.7 Å². The number of nitrogens with one attached hydrogen (secondary N) is 1. The number of ether oxygens (including phenoxy) is 1. The molecule has 2 nitrogen and oxygen atoms in total. The molecule has 0 aromatic heterocycles. The molecule has 0 fully saturated rings. The van der Waals surface area contributed by atoms with Crippen LogP contribution in [0.2, 0.25) is 0 Å². The zero-order chi connectivity index (χ0) is 14.4. The summed E-state index contributed by atoms with van der Waals surface area (Å²) in [6.07, 6.45) is 0. The minimum Gasteiger partial charge on any atom is -0.489 e. The van der Waals surface area contributed by atoms with E-state index in [0.29, 0.717) is 6.61 Å². The Labute approximate surface area is 142 Å². The first-order chi connectivity index (χ1) is 9.69. The van der Waals surface area contributed by atoms with Crippen LogP contribution in [0.1, 0.15) is 18.1 Å². The van der Waals surface area contributed by atoms with Crippen molar-refractivity contribution >= 4 is 38.5 Å². The van der Waals surface area contributed by atoms with Gasteiger partial charge in [0.15, 0.2) is 0 Å². The van der Waals surface area contributed by atoms with E-state index in [1.54, 1.807) is 0 Å². The van der Waals surface area contributed by atoms with E-state index < -0.39 is 0 Å². The lowest BCUT2D eigenvalue weighted by molar-refractivity contribution is 0.306. The molecule has 0 unspecified atom stereocenters. The predicted octanol–water partition coefficient (Wildman–Crippen LogP) is 4.74. The molecule has 2 rings (SSSR count). The van der Waals surface area contributed by atoms with Gasteiger partial charge in [-0.25, -0.2) is 0 Å². The molecule has 4 heteroatoms. The summed E-state index contributed by atoms with van der Waals surface area (Å²) in [7, 11) is 0. The first kappa shape index (κ1) is 15.8. The minimum atomic E-state index is 0.596. The number of halogens is 2. The Bertz CT molecular complexity index is 557. The smallest absolute Gasteiger partial charge is 0.120 e. The van der Waals surface area contributed by atoms with Gasteiger partial charge in [0.05, 0.1) is 0 Å². The van der Waals surface area contributed by atoms with Crippen molar-refractivity contribution in [3.63, 3.8) is 0 Å². The molecule has 0 heterocycles. The number of hydrogen-bond donors (Lipinski definition) is 1. The molecular formula is C16H17BrINO. The van der Waals surface area contributed by atoms with Gasteiger partial charge in [0.25, 0.3) is 0 Å². The number of benzene rings is 2. The van der Waals surface area contributed by atoms with Crippen molar-refractivity contribution in [1.29, 1.82) is 0 Å². The third-order valence-corrected chi connectivity index (χ3v) is 4.39. The van der Waals surface area contributed by atoms with E-state index >= 15 is 0 Å². The molecule has 0 saturated carbocycles. The third-order valence-electron chi connectivity index (χ3n) is 2.90. The maximum Gasteiger partial charge on any atom is 0.120 e. The van der Waals surface area contributed by atoms with Gasteiger partial charge in [-0.1, -0.05) is 35.0 Å². The van der Waals surface area contributed by atoms with E-state index in [4.69, 9.17) is 4.74 Å². The summed E-state index contributed by atoms with van der Waals surface area (Å²) in [6.45, 7) is 4.50. The zero-order valence-corrected chi connectivity index (χ0v) is 15.1. The standard InChI is InChI=1S/C16H17BrINO/c1-2-19-10-13-9-15(7-8-16(13)17)20-11-12-3-5-14(18)6-4-12/h3-9,19H,2,10-11H2,1H3. The molecule has 0 aliphatic carbocycles. The molecule has 0 aliphatic rings. The molecule has 0 atom stereocenters. The average molecular weight is 446 g/mol. The fraction of sp³-hybridized carbons (Fsp3) is 0.250. The van der Waals surface area contributed by atoms with E-state index in [0.717, 1.165) is 23.3 Å². The second-order valence-corrected chi connectivity index (χ2v) is 6.55. The van der Waals surface area contributed by atoms with Gasteiger partial charge < -0.3 is 10.1 Å². The Morgan fingerprint density at radius 3 is 2.60 bits per heavy atom. The summed E-state index contributed by atoms with van der Waals surface area (Å²) in [4.78, 5) is 0. The molecule has 0 aliphatic heterocycles. The number of rotatable bonds is 6. The van der Waals surface area contributed by atoms with Crippen LogP contribution < -0.4 is 10.1 Å². The van der Waals surface area contributed by atoms with Gasteiger partial charge in [0.2, 0.25) is 0 Å². The van der Waals surface area contributed by atoms with Crippen molar-refractivity contribution in [2.24, 2.45) is 0 Å². The van der Waals surface area contributed by atoms with Crippen LogP contribution in [0.25, 0.3) is 0 Å². The molecule has 20 heavy (non-hydrogen) atoms. The van der Waals surface area contributed by atoms with Crippen LogP contribution in [0.3, 0.4) is 0 Å². The highest BCUT2D eigenvalue weighted by atomic mass is 127. The quantitative estimate of drug-likeness (QED) is 0.648. The second-order valence-electron chi connectivity index (χ2n) is 4.45. The highest BCUT2D eigenvalue weighted by molar-refractivity contribution is 14.1. The zero-order valence-electron chi connectivity index (χ0n) is 11.3. The SMILES string of the molecule is CCNCc1cc(OCc2ccc(I)cc2)ccc1Br. The second kappa shape index (κ2) is 8.00. The van der Waals surface area contributed by atoms with Gasteiger partial charge in [-0.3, -0.25) is 0 Å². The summed E-state index contributed by atoms with van der Waals surface area (Å²) in [5.41, 5.74) is 2.40. The molecule has 106 valence electrons. The summed E-state index contributed by atoms with van der Waals surface area (Å²) in [5, 5.41) is 3.33. The Hall–Kier alpha value is -0.590. The molecule has 0 saturated heterocycles. The van der Waals surface area contributed by atoms with Crippen LogP contribution in [0.15, 0.2) is 46.9 Å². The Morgan fingerprint density at radius 2 is 1.90 bits per heavy atom. The molecule has 1 N–H and O–H groups in total. The van der Waals surface area contributed by atoms with E-state index in [2.05, 4.69) is 81.1 Å².